The van der Waals surface area contributed by atoms with Crippen LogP contribution in [0.15, 0.2) is 30.5 Å². The molecule has 0 bridgehead atoms. The van der Waals surface area contributed by atoms with Crippen molar-refractivity contribution in [2.45, 2.75) is 25.4 Å². The van der Waals surface area contributed by atoms with Gasteiger partial charge in [-0.2, -0.15) is 0 Å². The highest BCUT2D eigenvalue weighted by Crippen LogP contribution is 2.15. The Labute approximate surface area is 149 Å². The maximum atomic E-state index is 12.0. The molecule has 1 amide bonds. The minimum absolute atomic E-state index is 0.146. The highest BCUT2D eigenvalue weighted by atomic mass is 16.5. The van der Waals surface area contributed by atoms with Crippen LogP contribution in [0.3, 0.4) is 0 Å². The lowest BCUT2D eigenvalue weighted by Gasteiger charge is -2.10. The number of ether oxygens (including phenoxy) is 2. The first-order valence-corrected chi connectivity index (χ1v) is 8.37. The third-order valence-corrected chi connectivity index (χ3v) is 3.91. The molecule has 0 spiro atoms. The lowest BCUT2D eigenvalue weighted by Crippen LogP contribution is -2.18. The molecule has 2 N–H and O–H groups in total. The van der Waals surface area contributed by atoms with Gasteiger partial charge in [0.2, 0.25) is 5.91 Å². The fourth-order valence-electron chi connectivity index (χ4n) is 2.59. The molecule has 1 saturated heterocycles. The molecule has 1 aliphatic rings. The van der Waals surface area contributed by atoms with Gasteiger partial charge in [0.25, 0.3) is 0 Å². The van der Waals surface area contributed by atoms with E-state index in [1.54, 1.807) is 24.3 Å². The molecule has 1 atom stereocenters. The molecule has 1 fully saturated rings. The van der Waals surface area contributed by atoms with Crippen molar-refractivity contribution in [1.82, 2.24) is 15.0 Å². The Hall–Kier alpha value is -2.78. The van der Waals surface area contributed by atoms with E-state index < -0.39 is 5.97 Å². The smallest absolute Gasteiger partial charge is 0.358 e. The maximum Gasteiger partial charge on any atom is 0.358 e. The standard InChI is InChI=1S/C17H20N4O5/c22-16(6-8-25-11-14-5-2-7-26-14)18-12-3-1-4-13(9-12)21-10-15(17(23)24)19-20-21/h1,3-4,9-10,14H,2,5-8,11H2,(H,18,22)(H,23,24). The number of anilines is 1. The molecule has 1 unspecified atom stereocenters. The summed E-state index contributed by atoms with van der Waals surface area (Å²) in [7, 11) is 0. The number of carbonyl (C=O) groups excluding carboxylic acids is 1. The fourth-order valence-corrected chi connectivity index (χ4v) is 2.59. The molecular formula is C17H20N4O5. The second kappa shape index (κ2) is 8.54. The first-order valence-electron chi connectivity index (χ1n) is 8.37. The van der Waals surface area contributed by atoms with Crippen LogP contribution >= 0.6 is 0 Å². The van der Waals surface area contributed by atoms with Gasteiger partial charge in [-0.15, -0.1) is 5.10 Å². The number of hydrogen-bond acceptors (Lipinski definition) is 6. The van der Waals surface area contributed by atoms with Gasteiger partial charge < -0.3 is 19.9 Å². The maximum absolute atomic E-state index is 12.0. The summed E-state index contributed by atoms with van der Waals surface area (Å²) in [6, 6.07) is 6.90. The minimum Gasteiger partial charge on any atom is -0.476 e. The third kappa shape index (κ3) is 4.87. The molecule has 2 aromatic rings. The van der Waals surface area contributed by atoms with E-state index >= 15 is 0 Å². The lowest BCUT2D eigenvalue weighted by atomic mass is 10.2. The minimum atomic E-state index is -1.15. The summed E-state index contributed by atoms with van der Waals surface area (Å²) in [6.45, 7) is 1.63. The van der Waals surface area contributed by atoms with Crippen LogP contribution in [0.2, 0.25) is 0 Å². The molecule has 1 aromatic carbocycles. The van der Waals surface area contributed by atoms with E-state index in [-0.39, 0.29) is 24.1 Å². The van der Waals surface area contributed by atoms with Crippen molar-refractivity contribution >= 4 is 17.6 Å². The van der Waals surface area contributed by atoms with Gasteiger partial charge >= 0.3 is 5.97 Å². The van der Waals surface area contributed by atoms with Crippen molar-refractivity contribution in [3.63, 3.8) is 0 Å². The summed E-state index contributed by atoms with van der Waals surface area (Å²) in [4.78, 5) is 22.9. The van der Waals surface area contributed by atoms with E-state index in [0.717, 1.165) is 19.4 Å². The number of hydrogen-bond donors (Lipinski definition) is 2. The second-order valence-electron chi connectivity index (χ2n) is 5.91. The van der Waals surface area contributed by atoms with E-state index in [2.05, 4.69) is 15.6 Å². The normalized spacial score (nSPS) is 16.5. The number of aromatic carboxylic acids is 1. The Morgan fingerprint density at radius 1 is 1.42 bits per heavy atom. The number of carbonyl (C=O) groups is 2. The molecule has 26 heavy (non-hydrogen) atoms. The molecule has 2 heterocycles. The van der Waals surface area contributed by atoms with Crippen LogP contribution in [0.25, 0.3) is 5.69 Å². The van der Waals surface area contributed by atoms with Crippen LogP contribution in [0.5, 0.6) is 0 Å². The SMILES string of the molecule is O=C(CCOCC1CCCO1)Nc1cccc(-n2cc(C(=O)O)nn2)c1. The summed E-state index contributed by atoms with van der Waals surface area (Å²) in [5.74, 6) is -1.32. The van der Waals surface area contributed by atoms with Crippen molar-refractivity contribution < 1.29 is 24.2 Å². The van der Waals surface area contributed by atoms with E-state index in [1.165, 1.54) is 10.9 Å². The zero-order valence-corrected chi connectivity index (χ0v) is 14.1. The molecule has 1 aliphatic heterocycles. The Morgan fingerprint density at radius 3 is 3.04 bits per heavy atom. The number of carboxylic acids is 1. The lowest BCUT2D eigenvalue weighted by molar-refractivity contribution is -0.117. The Kier molecular flexibility index (Phi) is 5.92. The molecule has 3 rings (SSSR count). The average Bonchev–Trinajstić information content (AvgIpc) is 3.31. The van der Waals surface area contributed by atoms with Crippen molar-refractivity contribution in [2.75, 3.05) is 25.1 Å². The Balaban J connectivity index is 1.49. The molecule has 9 nitrogen and oxygen atoms in total. The summed E-state index contributed by atoms with van der Waals surface area (Å²) in [6.07, 6.45) is 3.76. The van der Waals surface area contributed by atoms with Gasteiger partial charge in [-0.05, 0) is 31.0 Å². The van der Waals surface area contributed by atoms with Gasteiger partial charge in [0.1, 0.15) is 0 Å². The Bertz CT molecular complexity index is 770. The van der Waals surface area contributed by atoms with Crippen LogP contribution in [-0.2, 0) is 14.3 Å². The van der Waals surface area contributed by atoms with E-state index in [4.69, 9.17) is 14.6 Å². The largest absolute Gasteiger partial charge is 0.476 e. The van der Waals surface area contributed by atoms with Gasteiger partial charge in [-0.3, -0.25) is 4.79 Å². The van der Waals surface area contributed by atoms with Crippen LogP contribution < -0.4 is 5.32 Å². The number of aromatic nitrogens is 3. The van der Waals surface area contributed by atoms with Crippen LogP contribution in [0.4, 0.5) is 5.69 Å². The second-order valence-corrected chi connectivity index (χ2v) is 5.91. The van der Waals surface area contributed by atoms with Crippen molar-refractivity contribution in [1.29, 1.82) is 0 Å². The molecule has 0 aliphatic carbocycles. The quantitative estimate of drug-likeness (QED) is 0.685. The molecule has 0 radical (unpaired) electrons. The number of benzene rings is 1. The Morgan fingerprint density at radius 2 is 2.31 bits per heavy atom. The zero-order valence-electron chi connectivity index (χ0n) is 14.1. The summed E-state index contributed by atoms with van der Waals surface area (Å²) in [5.41, 5.74) is 1.03. The highest BCUT2D eigenvalue weighted by molar-refractivity contribution is 5.91. The number of nitrogens with zero attached hydrogens (tertiary/aromatic N) is 3. The molecular weight excluding hydrogens is 340 g/mol. The summed E-state index contributed by atoms with van der Waals surface area (Å²) >= 11 is 0. The molecule has 9 heteroatoms. The van der Waals surface area contributed by atoms with Crippen LogP contribution in [0.1, 0.15) is 29.8 Å². The van der Waals surface area contributed by atoms with E-state index in [1.807, 2.05) is 0 Å². The van der Waals surface area contributed by atoms with Crippen molar-refractivity contribution in [3.8, 4) is 5.69 Å². The molecule has 0 saturated carbocycles. The predicted octanol–water partition coefficient (Wildman–Crippen LogP) is 1.49. The van der Waals surface area contributed by atoms with Gasteiger partial charge in [-0.1, -0.05) is 11.3 Å². The van der Waals surface area contributed by atoms with Gasteiger partial charge in [0.15, 0.2) is 5.69 Å². The molecule has 1 aromatic heterocycles. The van der Waals surface area contributed by atoms with E-state index in [9.17, 15) is 9.59 Å². The summed E-state index contributed by atoms with van der Waals surface area (Å²) in [5, 5.41) is 19.0. The predicted molar refractivity (Wildman–Crippen MR) is 91.4 cm³/mol. The summed E-state index contributed by atoms with van der Waals surface area (Å²) < 4.78 is 12.3. The zero-order chi connectivity index (χ0) is 18.4. The number of rotatable bonds is 8. The van der Waals surface area contributed by atoms with Gasteiger partial charge in [-0.25, -0.2) is 9.48 Å². The third-order valence-electron chi connectivity index (χ3n) is 3.91. The number of carboxylic acid groups (broad SMARTS) is 1. The topological polar surface area (TPSA) is 116 Å². The first-order chi connectivity index (χ1) is 12.6. The first kappa shape index (κ1) is 18.0. The van der Waals surface area contributed by atoms with E-state index in [0.29, 0.717) is 24.6 Å². The van der Waals surface area contributed by atoms with Gasteiger partial charge in [0.05, 0.1) is 37.6 Å². The van der Waals surface area contributed by atoms with Crippen LogP contribution in [0, 0.1) is 0 Å². The number of amides is 1. The highest BCUT2D eigenvalue weighted by Gasteiger charge is 2.15. The van der Waals surface area contributed by atoms with Crippen molar-refractivity contribution in [2.24, 2.45) is 0 Å². The van der Waals surface area contributed by atoms with Crippen LogP contribution in [-0.4, -0.2) is 57.9 Å². The van der Waals surface area contributed by atoms with Crippen molar-refractivity contribution in [3.05, 3.63) is 36.2 Å². The van der Waals surface area contributed by atoms with Gasteiger partial charge in [0, 0.05) is 12.3 Å². The molecule has 138 valence electrons. The average molecular weight is 360 g/mol. The number of nitrogens with one attached hydrogen (secondary N) is 1. The monoisotopic (exact) mass is 360 g/mol. The fraction of sp³-hybridized carbons (Fsp3) is 0.412.